The van der Waals surface area contributed by atoms with Crippen LogP contribution in [-0.2, 0) is 6.54 Å². The van der Waals surface area contributed by atoms with Gasteiger partial charge in [0.25, 0.3) is 5.16 Å². The van der Waals surface area contributed by atoms with Gasteiger partial charge in [0.2, 0.25) is 0 Å². The second kappa shape index (κ2) is 8.71. The zero-order valence-corrected chi connectivity index (χ0v) is 20.6. The molecule has 1 aliphatic heterocycles. The summed E-state index contributed by atoms with van der Waals surface area (Å²) in [5.74, 6) is 3.68. The topological polar surface area (TPSA) is 53.0 Å². The Balaban J connectivity index is 1.82. The van der Waals surface area contributed by atoms with E-state index in [-0.39, 0.29) is 0 Å². The molecule has 5 rings (SSSR count). The number of hydrogen-bond acceptors (Lipinski definition) is 5. The van der Waals surface area contributed by atoms with E-state index in [1.54, 1.807) is 26.0 Å². The molecular formula is C26H29N4O2S+. The average molecular weight is 462 g/mol. The Morgan fingerprint density at radius 2 is 1.76 bits per heavy atom. The number of ether oxygens (including phenoxy) is 2. The second-order valence-corrected chi connectivity index (χ2v) is 9.72. The van der Waals surface area contributed by atoms with E-state index in [1.807, 2.05) is 10.7 Å². The predicted octanol–water partition coefficient (Wildman–Crippen LogP) is 5.32. The molecule has 2 aromatic carbocycles. The standard InChI is InChI=1S/C26H29N4O2S/c1-16(2)18-7-9-19(10-8-18)24-21-15-23(32-5)22(31-4)14-20(21)13-17(3)30(24)25-27-26-29(28-25)11-6-12-33-26/h7-10,13-16H,6,11-12H2,1-5H3/q+1. The van der Waals surface area contributed by atoms with Crippen molar-refractivity contribution >= 4 is 22.5 Å². The van der Waals surface area contributed by atoms with Crippen molar-refractivity contribution in [3.63, 3.8) is 0 Å². The highest BCUT2D eigenvalue weighted by Gasteiger charge is 2.29. The largest absolute Gasteiger partial charge is 0.493 e. The molecule has 0 atom stereocenters. The lowest BCUT2D eigenvalue weighted by molar-refractivity contribution is -0.597. The van der Waals surface area contributed by atoms with E-state index in [2.05, 4.69) is 61.7 Å². The SMILES string of the molecule is COc1cc2cc(C)[n+](-c3nc4n(n3)CCCS4)c(-c3ccc(C(C)C)cc3)c2cc1OC. The molecule has 1 aliphatic rings. The second-order valence-electron chi connectivity index (χ2n) is 8.66. The summed E-state index contributed by atoms with van der Waals surface area (Å²) in [4.78, 5) is 4.92. The molecule has 0 amide bonds. The van der Waals surface area contributed by atoms with Crippen LogP contribution in [0.25, 0.3) is 28.0 Å². The van der Waals surface area contributed by atoms with Gasteiger partial charge in [-0.05, 0) is 53.4 Å². The van der Waals surface area contributed by atoms with Crippen molar-refractivity contribution in [1.82, 2.24) is 14.8 Å². The average Bonchev–Trinajstić information content (AvgIpc) is 3.26. The zero-order valence-electron chi connectivity index (χ0n) is 19.8. The van der Waals surface area contributed by atoms with Gasteiger partial charge in [-0.15, -0.1) is 0 Å². The number of fused-ring (bicyclic) bond motifs is 2. The number of nitrogens with zero attached hydrogens (tertiary/aromatic N) is 4. The van der Waals surface area contributed by atoms with Gasteiger partial charge in [-0.2, -0.15) is 9.25 Å². The molecular weight excluding hydrogens is 432 g/mol. The Labute approximate surface area is 198 Å². The number of hydrogen-bond donors (Lipinski definition) is 0. The number of benzene rings is 2. The summed E-state index contributed by atoms with van der Waals surface area (Å²) in [6, 6.07) is 15.1. The molecule has 170 valence electrons. The summed E-state index contributed by atoms with van der Waals surface area (Å²) in [5.41, 5.74) is 4.54. The van der Waals surface area contributed by atoms with Crippen LogP contribution >= 0.6 is 11.8 Å². The van der Waals surface area contributed by atoms with Gasteiger partial charge in [-0.25, -0.2) is 0 Å². The Morgan fingerprint density at radius 3 is 2.42 bits per heavy atom. The van der Waals surface area contributed by atoms with Crippen molar-refractivity contribution < 1.29 is 14.0 Å². The highest BCUT2D eigenvalue weighted by atomic mass is 32.2. The highest BCUT2D eigenvalue weighted by molar-refractivity contribution is 7.99. The van der Waals surface area contributed by atoms with Crippen molar-refractivity contribution in [3.05, 3.63) is 53.7 Å². The van der Waals surface area contributed by atoms with Crippen LogP contribution in [0.3, 0.4) is 0 Å². The first-order valence-electron chi connectivity index (χ1n) is 11.3. The summed E-state index contributed by atoms with van der Waals surface area (Å²) in [6.45, 7) is 7.44. The number of thioether (sulfide) groups is 1. The van der Waals surface area contributed by atoms with Crippen molar-refractivity contribution in [2.75, 3.05) is 20.0 Å². The Bertz CT molecular complexity index is 1310. The molecule has 33 heavy (non-hydrogen) atoms. The molecule has 3 heterocycles. The van der Waals surface area contributed by atoms with Crippen LogP contribution in [-0.4, -0.2) is 34.7 Å². The van der Waals surface area contributed by atoms with Gasteiger partial charge >= 0.3 is 5.95 Å². The van der Waals surface area contributed by atoms with E-state index < -0.39 is 0 Å². The molecule has 0 aliphatic carbocycles. The lowest BCUT2D eigenvalue weighted by Crippen LogP contribution is -2.38. The fourth-order valence-electron chi connectivity index (χ4n) is 4.42. The number of aromatic nitrogens is 4. The van der Waals surface area contributed by atoms with E-state index in [4.69, 9.17) is 19.6 Å². The zero-order chi connectivity index (χ0) is 23.1. The van der Waals surface area contributed by atoms with Crippen molar-refractivity contribution in [2.24, 2.45) is 0 Å². The van der Waals surface area contributed by atoms with Gasteiger partial charge in [-0.1, -0.05) is 49.9 Å². The molecule has 6 nitrogen and oxygen atoms in total. The van der Waals surface area contributed by atoms with Crippen molar-refractivity contribution in [3.8, 4) is 28.7 Å². The maximum atomic E-state index is 5.65. The predicted molar refractivity (Wildman–Crippen MR) is 132 cm³/mol. The molecule has 0 N–H and O–H groups in total. The van der Waals surface area contributed by atoms with Crippen molar-refractivity contribution in [1.29, 1.82) is 0 Å². The Morgan fingerprint density at radius 1 is 1.03 bits per heavy atom. The number of pyridine rings is 1. The molecule has 0 saturated carbocycles. The molecule has 4 aromatic rings. The first-order valence-corrected chi connectivity index (χ1v) is 12.3. The van der Waals surface area contributed by atoms with Crippen LogP contribution in [0, 0.1) is 6.92 Å². The maximum absolute atomic E-state index is 5.65. The third-order valence-corrected chi connectivity index (χ3v) is 7.23. The number of aryl methyl sites for hydroxylation is 2. The summed E-state index contributed by atoms with van der Waals surface area (Å²) < 4.78 is 15.4. The minimum atomic E-state index is 0.475. The minimum Gasteiger partial charge on any atom is -0.493 e. The molecule has 7 heteroatoms. The number of methoxy groups -OCH3 is 2. The highest BCUT2D eigenvalue weighted by Crippen LogP contribution is 2.37. The molecule has 0 spiro atoms. The lowest BCUT2D eigenvalue weighted by atomic mass is 9.97. The fraction of sp³-hybridized carbons (Fsp3) is 0.346. The first-order chi connectivity index (χ1) is 16.0. The number of rotatable bonds is 5. The van der Waals surface area contributed by atoms with Gasteiger partial charge in [-0.3, -0.25) is 0 Å². The normalized spacial score (nSPS) is 13.4. The summed E-state index contributed by atoms with van der Waals surface area (Å²) in [6.07, 6.45) is 1.11. The molecule has 2 aromatic heterocycles. The van der Waals surface area contributed by atoms with Crippen LogP contribution in [0.15, 0.2) is 47.6 Å². The van der Waals surface area contributed by atoms with E-state index in [0.717, 1.165) is 57.3 Å². The Hall–Kier alpha value is -3.06. The fourth-order valence-corrected chi connectivity index (χ4v) is 5.30. The summed E-state index contributed by atoms with van der Waals surface area (Å²) in [5, 5.41) is 8.02. The lowest BCUT2D eigenvalue weighted by Gasteiger charge is -2.16. The molecule has 0 fully saturated rings. The van der Waals surface area contributed by atoms with Gasteiger partial charge in [0.05, 0.1) is 26.5 Å². The Kier molecular flexibility index (Phi) is 5.74. The van der Waals surface area contributed by atoms with Crippen LogP contribution in [0.2, 0.25) is 0 Å². The van der Waals surface area contributed by atoms with E-state index in [1.165, 1.54) is 5.56 Å². The maximum Gasteiger partial charge on any atom is 0.461 e. The van der Waals surface area contributed by atoms with E-state index in [9.17, 15) is 0 Å². The quantitative estimate of drug-likeness (QED) is 0.377. The van der Waals surface area contributed by atoms with Gasteiger partial charge in [0.15, 0.2) is 11.5 Å². The molecule has 0 saturated heterocycles. The first kappa shape index (κ1) is 21.8. The molecule has 0 radical (unpaired) electrons. The monoisotopic (exact) mass is 461 g/mol. The van der Waals surface area contributed by atoms with Gasteiger partial charge < -0.3 is 9.47 Å². The smallest absolute Gasteiger partial charge is 0.461 e. The van der Waals surface area contributed by atoms with Crippen LogP contribution in [0.1, 0.15) is 37.4 Å². The van der Waals surface area contributed by atoms with Crippen LogP contribution in [0.5, 0.6) is 11.5 Å². The van der Waals surface area contributed by atoms with Gasteiger partial charge in [0.1, 0.15) is 5.69 Å². The van der Waals surface area contributed by atoms with Crippen molar-refractivity contribution in [2.45, 2.75) is 44.8 Å². The van der Waals surface area contributed by atoms with Crippen LogP contribution < -0.4 is 14.0 Å². The van der Waals surface area contributed by atoms with E-state index >= 15 is 0 Å². The molecule has 0 bridgehead atoms. The summed E-state index contributed by atoms with van der Waals surface area (Å²) in [7, 11) is 3.34. The molecule has 0 unspecified atom stereocenters. The van der Waals surface area contributed by atoms with Gasteiger partial charge in [0, 0.05) is 21.8 Å². The van der Waals surface area contributed by atoms with Crippen LogP contribution in [0.4, 0.5) is 0 Å². The van der Waals surface area contributed by atoms with E-state index in [0.29, 0.717) is 17.6 Å². The third-order valence-electron chi connectivity index (χ3n) is 6.17. The minimum absolute atomic E-state index is 0.475. The summed E-state index contributed by atoms with van der Waals surface area (Å²) >= 11 is 1.77. The third kappa shape index (κ3) is 3.84.